The van der Waals surface area contributed by atoms with E-state index in [1.165, 1.54) is 16.8 Å². The minimum atomic E-state index is -3.79. The highest BCUT2D eigenvalue weighted by Gasteiger charge is 2.23. The maximum absolute atomic E-state index is 13.8. The van der Waals surface area contributed by atoms with E-state index in [0.29, 0.717) is 24.6 Å². The summed E-state index contributed by atoms with van der Waals surface area (Å²) < 4.78 is 44.8. The topological polar surface area (TPSA) is 76.3 Å². The molecule has 6 aromatic rings. The van der Waals surface area contributed by atoms with E-state index >= 15 is 0 Å². The van der Waals surface area contributed by atoms with Gasteiger partial charge in [-0.25, -0.2) is 16.6 Å². The molecule has 0 saturated heterocycles. The molecule has 2 heterocycles. The summed E-state index contributed by atoms with van der Waals surface area (Å²) in [6.45, 7) is 7.47. The second-order valence-electron chi connectivity index (χ2n) is 12.6. The van der Waals surface area contributed by atoms with Gasteiger partial charge >= 0.3 is 0 Å². The molecule has 266 valence electrons. The van der Waals surface area contributed by atoms with Crippen LogP contribution in [0.1, 0.15) is 58.5 Å². The van der Waals surface area contributed by atoms with Gasteiger partial charge in [-0.15, -0.1) is 0 Å². The van der Waals surface area contributed by atoms with Crippen molar-refractivity contribution in [2.75, 3.05) is 13.1 Å². The van der Waals surface area contributed by atoms with Crippen LogP contribution < -0.4 is 5.32 Å². The molecule has 50 heavy (non-hydrogen) atoms. The van der Waals surface area contributed by atoms with E-state index in [1.807, 2.05) is 89.0 Å². The standard InChI is InChI=1S/C40H46N4O3S2.H3P.H2/c1-3-17-34(4-2)41-26-15-16-27-42(28-32-30-43(39-24-13-11-22-37(32)39)48(45)35-18-7-5-8-19-35)29-33-31-44(40-25-14-12-23-38(33)40)49(46,47)36-20-9-6-10-21-36;;/h5-14,18-25,30-31,34,41H,3-4,15-17,26-29H2,1-2H3;1H3;1H. The molecular weight excluding hydrogens is 680 g/mol. The summed E-state index contributed by atoms with van der Waals surface area (Å²) in [5, 5.41) is 5.72. The molecule has 0 aliphatic carbocycles. The molecule has 4 aromatic carbocycles. The largest absolute Gasteiger partial charge is 0.314 e. The zero-order valence-corrected chi connectivity index (χ0v) is 32.1. The lowest BCUT2D eigenvalue weighted by Gasteiger charge is -2.23. The Balaban J connectivity index is 0.00000292. The number of nitrogens with zero attached hydrogens (tertiary/aromatic N) is 3. The van der Waals surface area contributed by atoms with Gasteiger partial charge in [0.15, 0.2) is 11.0 Å². The number of hydrogen-bond donors (Lipinski definition) is 1. The number of rotatable bonds is 17. The molecule has 1 N–H and O–H groups in total. The van der Waals surface area contributed by atoms with E-state index in [-0.39, 0.29) is 16.2 Å². The van der Waals surface area contributed by atoms with Crippen LogP contribution in [0.25, 0.3) is 21.8 Å². The molecule has 7 nitrogen and oxygen atoms in total. The van der Waals surface area contributed by atoms with Crippen molar-refractivity contribution in [3.63, 3.8) is 0 Å². The van der Waals surface area contributed by atoms with Gasteiger partial charge in [-0.2, -0.15) is 9.90 Å². The molecule has 0 bridgehead atoms. The first-order valence-corrected chi connectivity index (χ1v) is 19.9. The fraction of sp³-hybridized carbons (Fsp3) is 0.300. The highest BCUT2D eigenvalue weighted by molar-refractivity contribution is 7.90. The Labute approximate surface area is 304 Å². The van der Waals surface area contributed by atoms with Crippen molar-refractivity contribution in [3.8, 4) is 0 Å². The Bertz CT molecular complexity index is 2120. The lowest BCUT2D eigenvalue weighted by atomic mass is 10.1. The predicted molar refractivity (Wildman–Crippen MR) is 215 cm³/mol. The minimum Gasteiger partial charge on any atom is -0.314 e. The third kappa shape index (κ3) is 8.47. The molecule has 0 saturated carbocycles. The number of hydrogen-bond acceptors (Lipinski definition) is 5. The molecule has 0 fully saturated rings. The fourth-order valence-electron chi connectivity index (χ4n) is 6.64. The molecule has 6 rings (SSSR count). The Kier molecular flexibility index (Phi) is 13.2. The molecule has 10 heteroatoms. The molecule has 0 aliphatic rings. The van der Waals surface area contributed by atoms with Gasteiger partial charge < -0.3 is 5.32 Å². The van der Waals surface area contributed by atoms with Crippen LogP contribution >= 0.6 is 9.90 Å². The van der Waals surface area contributed by atoms with E-state index < -0.39 is 21.0 Å². The van der Waals surface area contributed by atoms with Crippen molar-refractivity contribution in [2.45, 2.75) is 74.9 Å². The van der Waals surface area contributed by atoms with Crippen molar-refractivity contribution >= 4 is 52.7 Å². The first kappa shape index (κ1) is 37.7. The lowest BCUT2D eigenvalue weighted by Crippen LogP contribution is -2.30. The first-order chi connectivity index (χ1) is 23.9. The van der Waals surface area contributed by atoms with E-state index in [0.717, 1.165) is 64.7 Å². The zero-order valence-electron chi connectivity index (χ0n) is 29.1. The maximum Gasteiger partial charge on any atom is 0.268 e. The summed E-state index contributed by atoms with van der Waals surface area (Å²) in [6, 6.07) is 34.6. The van der Waals surface area contributed by atoms with E-state index in [2.05, 4.69) is 30.1 Å². The molecule has 0 spiro atoms. The Morgan fingerprint density at radius 3 is 2.00 bits per heavy atom. The second kappa shape index (κ2) is 17.6. The molecule has 2 aromatic heterocycles. The smallest absolute Gasteiger partial charge is 0.268 e. The Hall–Kier alpha value is -3.59. The quantitative estimate of drug-likeness (QED) is 0.0751. The molecule has 0 amide bonds. The van der Waals surface area contributed by atoms with Crippen LogP contribution in [-0.4, -0.2) is 44.6 Å². The number of unbranched alkanes of at least 4 members (excludes halogenated alkanes) is 1. The Morgan fingerprint density at radius 2 is 1.34 bits per heavy atom. The van der Waals surface area contributed by atoms with Crippen molar-refractivity contribution in [3.05, 3.63) is 133 Å². The minimum absolute atomic E-state index is 0. The number of fused-ring (bicyclic) bond motifs is 2. The van der Waals surface area contributed by atoms with Crippen molar-refractivity contribution in [2.24, 2.45) is 0 Å². The summed E-state index contributed by atoms with van der Waals surface area (Å²) in [5.74, 6) is 0. The van der Waals surface area contributed by atoms with Crippen molar-refractivity contribution in [1.29, 1.82) is 0 Å². The van der Waals surface area contributed by atoms with E-state index in [1.54, 1.807) is 30.5 Å². The summed E-state index contributed by atoms with van der Waals surface area (Å²) >= 11 is 0. The van der Waals surface area contributed by atoms with Gasteiger partial charge in [0, 0.05) is 43.7 Å². The monoisotopic (exact) mass is 730 g/mol. The number of benzene rings is 4. The average Bonchev–Trinajstić information content (AvgIpc) is 3.70. The van der Waals surface area contributed by atoms with Crippen LogP contribution in [0.5, 0.6) is 0 Å². The van der Waals surface area contributed by atoms with Crippen molar-refractivity contribution < 1.29 is 14.1 Å². The van der Waals surface area contributed by atoms with Crippen LogP contribution in [0.15, 0.2) is 131 Å². The third-order valence-corrected chi connectivity index (χ3v) is 12.2. The van der Waals surface area contributed by atoms with Gasteiger partial charge in [0.05, 0.1) is 20.8 Å². The van der Waals surface area contributed by atoms with Crippen molar-refractivity contribution in [1.82, 2.24) is 18.2 Å². The molecular formula is C40H51N4O3PS2. The summed E-state index contributed by atoms with van der Waals surface area (Å²) in [5.41, 5.74) is 3.64. The van der Waals surface area contributed by atoms with E-state index in [9.17, 15) is 12.6 Å². The summed E-state index contributed by atoms with van der Waals surface area (Å²) in [6.07, 6.45) is 9.35. The van der Waals surface area contributed by atoms with Gasteiger partial charge in [-0.3, -0.25) is 8.87 Å². The van der Waals surface area contributed by atoms with Crippen LogP contribution in [-0.2, 0) is 34.1 Å². The molecule has 0 radical (unpaired) electrons. The van der Waals surface area contributed by atoms with E-state index in [4.69, 9.17) is 0 Å². The summed E-state index contributed by atoms with van der Waals surface area (Å²) in [7, 11) is -5.18. The van der Waals surface area contributed by atoms with Gasteiger partial charge in [0.25, 0.3) is 10.0 Å². The van der Waals surface area contributed by atoms with Crippen LogP contribution in [0.4, 0.5) is 0 Å². The Morgan fingerprint density at radius 1 is 0.760 bits per heavy atom. The second-order valence-corrected chi connectivity index (χ2v) is 15.8. The maximum atomic E-state index is 13.8. The first-order valence-electron chi connectivity index (χ1n) is 17.3. The molecule has 3 unspecified atom stereocenters. The molecule has 0 aliphatic heterocycles. The van der Waals surface area contributed by atoms with Crippen LogP contribution in [0.2, 0.25) is 0 Å². The third-order valence-electron chi connectivity index (χ3n) is 9.20. The normalized spacial score (nSPS) is 13.1. The SMILES string of the molecule is CCCC(CC)NCCCCN(Cc1cn(S(=O)c2ccccc2)c2ccccc12)Cc1cn(S(=O)(=O)c2ccccc2)c2ccccc12.P.[HH]. The van der Waals surface area contributed by atoms with Crippen LogP contribution in [0, 0.1) is 0 Å². The highest BCUT2D eigenvalue weighted by atomic mass is 32.2. The number of aromatic nitrogens is 2. The number of para-hydroxylation sites is 2. The van der Waals surface area contributed by atoms with Gasteiger partial charge in [0.2, 0.25) is 0 Å². The van der Waals surface area contributed by atoms with Gasteiger partial charge in [0.1, 0.15) is 0 Å². The predicted octanol–water partition coefficient (Wildman–Crippen LogP) is 8.66. The zero-order chi connectivity index (χ0) is 34.2. The summed E-state index contributed by atoms with van der Waals surface area (Å²) in [4.78, 5) is 3.42. The fourth-order valence-corrected chi connectivity index (χ4v) is 9.23. The molecule has 3 atom stereocenters. The number of nitrogens with one attached hydrogen (secondary N) is 1. The highest BCUT2D eigenvalue weighted by Crippen LogP contribution is 2.30. The van der Waals surface area contributed by atoms with Crippen LogP contribution in [0.3, 0.4) is 0 Å². The average molecular weight is 731 g/mol. The lowest BCUT2D eigenvalue weighted by molar-refractivity contribution is 0.251. The van der Waals surface area contributed by atoms with Gasteiger partial charge in [-0.1, -0.05) is 93.1 Å². The van der Waals surface area contributed by atoms with Gasteiger partial charge in [-0.05, 0) is 86.3 Å².